The minimum absolute atomic E-state index is 1.05. The van der Waals surface area contributed by atoms with Crippen molar-refractivity contribution in [3.63, 3.8) is 0 Å². The number of aryl methyl sites for hydroxylation is 1. The third-order valence-corrected chi connectivity index (χ3v) is 3.23. The van der Waals surface area contributed by atoms with Crippen LogP contribution in [0.15, 0.2) is 59.6 Å². The molecule has 0 aliphatic heterocycles. The topological polar surface area (TPSA) is 0 Å². The zero-order chi connectivity index (χ0) is 11.5. The SMILES string of the molecule is C=C(c1ccccc1)c1ccc(C)cc1Br. The third kappa shape index (κ3) is 2.25. The first-order valence-corrected chi connectivity index (χ1v) is 5.98. The van der Waals surface area contributed by atoms with Crippen LogP contribution in [0.2, 0.25) is 0 Å². The molecule has 2 aromatic carbocycles. The summed E-state index contributed by atoms with van der Waals surface area (Å²) in [6, 6.07) is 16.6. The zero-order valence-corrected chi connectivity index (χ0v) is 10.8. The number of hydrogen-bond donors (Lipinski definition) is 0. The molecule has 0 bridgehead atoms. The van der Waals surface area contributed by atoms with E-state index in [1.807, 2.05) is 18.2 Å². The highest BCUT2D eigenvalue weighted by molar-refractivity contribution is 9.10. The van der Waals surface area contributed by atoms with Gasteiger partial charge in [0.05, 0.1) is 0 Å². The van der Waals surface area contributed by atoms with E-state index >= 15 is 0 Å². The van der Waals surface area contributed by atoms with Crippen LogP contribution in [0.25, 0.3) is 5.57 Å². The Bertz CT molecular complexity index is 512. The molecule has 0 atom stereocenters. The van der Waals surface area contributed by atoms with Crippen molar-refractivity contribution >= 4 is 21.5 Å². The monoisotopic (exact) mass is 272 g/mol. The molecule has 0 saturated heterocycles. The summed E-state index contributed by atoms with van der Waals surface area (Å²) >= 11 is 3.58. The van der Waals surface area contributed by atoms with Gasteiger partial charge in [-0.2, -0.15) is 0 Å². The Labute approximate surface area is 105 Å². The van der Waals surface area contributed by atoms with Gasteiger partial charge in [0.2, 0.25) is 0 Å². The molecule has 0 aromatic heterocycles. The Balaban J connectivity index is 2.42. The summed E-state index contributed by atoms with van der Waals surface area (Å²) in [5.74, 6) is 0. The summed E-state index contributed by atoms with van der Waals surface area (Å²) in [5, 5.41) is 0. The summed E-state index contributed by atoms with van der Waals surface area (Å²) < 4.78 is 1.10. The summed E-state index contributed by atoms with van der Waals surface area (Å²) in [7, 11) is 0. The molecule has 1 heteroatoms. The molecule has 16 heavy (non-hydrogen) atoms. The largest absolute Gasteiger partial charge is 0.0905 e. The first-order chi connectivity index (χ1) is 7.68. The summed E-state index contributed by atoms with van der Waals surface area (Å²) in [4.78, 5) is 0. The Morgan fingerprint density at radius 2 is 1.75 bits per heavy atom. The maximum Gasteiger partial charge on any atom is 0.0256 e. The van der Waals surface area contributed by atoms with Crippen molar-refractivity contribution in [1.29, 1.82) is 0 Å². The van der Waals surface area contributed by atoms with Crippen LogP contribution >= 0.6 is 15.9 Å². The smallest absolute Gasteiger partial charge is 0.0256 e. The lowest BCUT2D eigenvalue weighted by Crippen LogP contribution is -1.88. The molecule has 0 N–H and O–H groups in total. The summed E-state index contributed by atoms with van der Waals surface area (Å²) in [5.41, 5.74) is 4.60. The number of hydrogen-bond acceptors (Lipinski definition) is 0. The summed E-state index contributed by atoms with van der Waals surface area (Å²) in [6.45, 7) is 6.24. The van der Waals surface area contributed by atoms with Gasteiger partial charge in [0.15, 0.2) is 0 Å². The highest BCUT2D eigenvalue weighted by atomic mass is 79.9. The maximum absolute atomic E-state index is 4.16. The van der Waals surface area contributed by atoms with E-state index in [0.29, 0.717) is 0 Å². The quantitative estimate of drug-likeness (QED) is 0.736. The molecule has 2 aromatic rings. The van der Waals surface area contributed by atoms with Gasteiger partial charge in [0.25, 0.3) is 0 Å². The second-order valence-corrected chi connectivity index (χ2v) is 4.68. The molecule has 0 spiro atoms. The lowest BCUT2D eigenvalue weighted by molar-refractivity contribution is 1.42. The molecule has 80 valence electrons. The molecule has 0 fully saturated rings. The second-order valence-electron chi connectivity index (χ2n) is 3.83. The van der Waals surface area contributed by atoms with Gasteiger partial charge >= 0.3 is 0 Å². The molecule has 2 rings (SSSR count). The standard InChI is InChI=1S/C15H13Br/c1-11-8-9-14(15(16)10-11)12(2)13-6-4-3-5-7-13/h3-10H,2H2,1H3. The predicted octanol–water partition coefficient (Wildman–Crippen LogP) is 4.82. The van der Waals surface area contributed by atoms with Crippen molar-refractivity contribution in [3.8, 4) is 0 Å². The van der Waals surface area contributed by atoms with Gasteiger partial charge < -0.3 is 0 Å². The van der Waals surface area contributed by atoms with Crippen LogP contribution in [-0.4, -0.2) is 0 Å². The Kier molecular flexibility index (Phi) is 3.25. The van der Waals surface area contributed by atoms with Gasteiger partial charge in [0.1, 0.15) is 0 Å². The lowest BCUT2D eigenvalue weighted by atomic mass is 9.99. The van der Waals surface area contributed by atoms with Crippen molar-refractivity contribution in [2.45, 2.75) is 6.92 Å². The Morgan fingerprint density at radius 1 is 1.06 bits per heavy atom. The molecule has 0 aliphatic carbocycles. The van der Waals surface area contributed by atoms with E-state index < -0.39 is 0 Å². The normalized spacial score (nSPS) is 10.1. The van der Waals surface area contributed by atoms with E-state index in [-0.39, 0.29) is 0 Å². The molecule has 0 aliphatic rings. The van der Waals surface area contributed by atoms with E-state index in [1.165, 1.54) is 5.56 Å². The molecule has 0 radical (unpaired) electrons. The van der Waals surface area contributed by atoms with E-state index in [4.69, 9.17) is 0 Å². The molecule has 0 saturated carbocycles. The number of benzene rings is 2. The highest BCUT2D eigenvalue weighted by Crippen LogP contribution is 2.28. The van der Waals surface area contributed by atoms with Crippen molar-refractivity contribution in [1.82, 2.24) is 0 Å². The fourth-order valence-electron chi connectivity index (χ4n) is 1.66. The van der Waals surface area contributed by atoms with E-state index in [2.05, 4.69) is 59.8 Å². The fourth-order valence-corrected chi connectivity index (χ4v) is 2.39. The minimum atomic E-state index is 1.05. The summed E-state index contributed by atoms with van der Waals surface area (Å²) in [6.07, 6.45) is 0. The molecule has 0 amide bonds. The first kappa shape index (κ1) is 11.2. The average molecular weight is 273 g/mol. The first-order valence-electron chi connectivity index (χ1n) is 5.19. The van der Waals surface area contributed by atoms with E-state index in [9.17, 15) is 0 Å². The van der Waals surface area contributed by atoms with Crippen LogP contribution in [0, 0.1) is 6.92 Å². The number of rotatable bonds is 2. The molecule has 0 nitrogen and oxygen atoms in total. The number of halogens is 1. The van der Waals surface area contributed by atoms with Crippen LogP contribution < -0.4 is 0 Å². The van der Waals surface area contributed by atoms with Crippen molar-refractivity contribution < 1.29 is 0 Å². The lowest BCUT2D eigenvalue weighted by Gasteiger charge is -2.09. The van der Waals surface area contributed by atoms with E-state index in [1.54, 1.807) is 0 Å². The molecular formula is C15H13Br. The van der Waals surface area contributed by atoms with Gasteiger partial charge in [-0.15, -0.1) is 0 Å². The van der Waals surface area contributed by atoms with Crippen LogP contribution in [0.1, 0.15) is 16.7 Å². The third-order valence-electron chi connectivity index (χ3n) is 2.57. The van der Waals surface area contributed by atoms with E-state index in [0.717, 1.165) is 21.2 Å². The van der Waals surface area contributed by atoms with Gasteiger partial charge in [-0.1, -0.05) is 65.0 Å². The molecular weight excluding hydrogens is 260 g/mol. The zero-order valence-electron chi connectivity index (χ0n) is 9.20. The van der Waals surface area contributed by atoms with Gasteiger partial charge in [-0.3, -0.25) is 0 Å². The minimum Gasteiger partial charge on any atom is -0.0905 e. The highest BCUT2D eigenvalue weighted by Gasteiger charge is 2.05. The predicted molar refractivity (Wildman–Crippen MR) is 73.5 cm³/mol. The van der Waals surface area contributed by atoms with Crippen LogP contribution in [0.3, 0.4) is 0 Å². The van der Waals surface area contributed by atoms with Gasteiger partial charge in [-0.05, 0) is 35.3 Å². The molecule has 0 heterocycles. The average Bonchev–Trinajstić information content (AvgIpc) is 2.29. The van der Waals surface area contributed by atoms with Crippen molar-refractivity contribution in [2.75, 3.05) is 0 Å². The fraction of sp³-hybridized carbons (Fsp3) is 0.0667. The van der Waals surface area contributed by atoms with Crippen LogP contribution in [0.5, 0.6) is 0 Å². The van der Waals surface area contributed by atoms with Gasteiger partial charge in [0, 0.05) is 4.47 Å². The van der Waals surface area contributed by atoms with Crippen LogP contribution in [-0.2, 0) is 0 Å². The van der Waals surface area contributed by atoms with Crippen molar-refractivity contribution in [3.05, 3.63) is 76.3 Å². The van der Waals surface area contributed by atoms with Gasteiger partial charge in [-0.25, -0.2) is 0 Å². The van der Waals surface area contributed by atoms with Crippen LogP contribution in [0.4, 0.5) is 0 Å². The van der Waals surface area contributed by atoms with Crippen molar-refractivity contribution in [2.24, 2.45) is 0 Å². The Hall–Kier alpha value is -1.34. The molecule has 0 unspecified atom stereocenters. The maximum atomic E-state index is 4.16. The second kappa shape index (κ2) is 4.67. The Morgan fingerprint density at radius 3 is 2.38 bits per heavy atom.